The third-order valence-electron chi connectivity index (χ3n) is 5.13. The molecular weight excluding hydrogens is 304 g/mol. The second-order valence-corrected chi connectivity index (χ2v) is 6.62. The number of carbonyl (C=O) groups excluding carboxylic acids is 1. The first kappa shape index (κ1) is 17.2. The summed E-state index contributed by atoms with van der Waals surface area (Å²) in [6, 6.07) is 8.03. The minimum Gasteiger partial charge on any atom is -0.467 e. The number of hydrogen-bond acceptors (Lipinski definition) is 4. The van der Waals surface area contributed by atoms with Gasteiger partial charge in [0.25, 0.3) is 0 Å². The van der Waals surface area contributed by atoms with Crippen LogP contribution in [0.4, 0.5) is 0 Å². The van der Waals surface area contributed by atoms with Gasteiger partial charge in [-0.3, -0.25) is 4.79 Å². The maximum Gasteiger partial charge on any atom is 0.191 e. The van der Waals surface area contributed by atoms with Crippen molar-refractivity contribution in [3.63, 3.8) is 0 Å². The molecular formula is C20H26O4. The van der Waals surface area contributed by atoms with E-state index in [-0.39, 0.29) is 24.8 Å². The van der Waals surface area contributed by atoms with Crippen LogP contribution in [0.15, 0.2) is 35.9 Å². The Morgan fingerprint density at radius 1 is 1.21 bits per heavy atom. The van der Waals surface area contributed by atoms with Crippen LogP contribution in [0, 0.1) is 5.92 Å². The number of ether oxygens (including phenoxy) is 3. The van der Waals surface area contributed by atoms with Crippen LogP contribution in [-0.4, -0.2) is 26.0 Å². The number of hydrogen-bond donors (Lipinski definition) is 0. The molecule has 1 saturated carbocycles. The molecule has 0 amide bonds. The van der Waals surface area contributed by atoms with Crippen molar-refractivity contribution < 1.29 is 19.0 Å². The molecule has 0 bridgehead atoms. The van der Waals surface area contributed by atoms with Gasteiger partial charge in [-0.1, -0.05) is 30.2 Å². The van der Waals surface area contributed by atoms with Crippen LogP contribution in [0.5, 0.6) is 5.75 Å². The lowest BCUT2D eigenvalue weighted by Gasteiger charge is -2.36. The fraction of sp³-hybridized carbons (Fsp3) is 0.550. The third kappa shape index (κ3) is 3.87. The molecule has 3 rings (SSSR count). The third-order valence-corrected chi connectivity index (χ3v) is 5.13. The van der Waals surface area contributed by atoms with E-state index in [0.29, 0.717) is 12.3 Å². The van der Waals surface area contributed by atoms with Crippen molar-refractivity contribution in [1.29, 1.82) is 0 Å². The Morgan fingerprint density at radius 2 is 2.04 bits per heavy atom. The number of para-hydroxylation sites is 1. The molecule has 0 N–H and O–H groups in total. The average Bonchev–Trinajstić information content (AvgIpc) is 2.61. The monoisotopic (exact) mass is 330 g/mol. The SMILES string of the molecule is COC(C)OCOc1ccccc1C1CC(=O)C=C2CCCCC21. The predicted octanol–water partition coefficient (Wildman–Crippen LogP) is 4.20. The van der Waals surface area contributed by atoms with E-state index in [1.807, 2.05) is 31.2 Å². The number of allylic oxidation sites excluding steroid dienone is 2. The first-order valence-electron chi connectivity index (χ1n) is 8.78. The van der Waals surface area contributed by atoms with Gasteiger partial charge in [-0.2, -0.15) is 0 Å². The summed E-state index contributed by atoms with van der Waals surface area (Å²) in [7, 11) is 1.60. The second-order valence-electron chi connectivity index (χ2n) is 6.62. The van der Waals surface area contributed by atoms with Gasteiger partial charge < -0.3 is 14.2 Å². The Hall–Kier alpha value is -1.65. The van der Waals surface area contributed by atoms with E-state index >= 15 is 0 Å². The fourth-order valence-corrected chi connectivity index (χ4v) is 3.83. The van der Waals surface area contributed by atoms with Crippen LogP contribution in [0.3, 0.4) is 0 Å². The highest BCUT2D eigenvalue weighted by molar-refractivity contribution is 5.92. The minimum atomic E-state index is -0.304. The Bertz CT molecular complexity index is 607. The van der Waals surface area contributed by atoms with E-state index in [1.165, 1.54) is 18.4 Å². The van der Waals surface area contributed by atoms with E-state index in [0.717, 1.165) is 24.2 Å². The van der Waals surface area contributed by atoms with Crippen LogP contribution in [0.2, 0.25) is 0 Å². The molecule has 0 spiro atoms. The van der Waals surface area contributed by atoms with Crippen molar-refractivity contribution in [2.24, 2.45) is 5.92 Å². The highest BCUT2D eigenvalue weighted by Gasteiger charge is 2.35. The van der Waals surface area contributed by atoms with Crippen molar-refractivity contribution >= 4 is 5.78 Å². The summed E-state index contributed by atoms with van der Waals surface area (Å²) in [6.45, 7) is 1.97. The standard InChI is InChI=1S/C20H26O4/c1-14(22-2)23-13-24-20-10-6-5-9-18(20)19-12-16(21)11-15-7-3-4-8-17(15)19/h5-6,9-11,14,17,19H,3-4,7-8,12-13H2,1-2H3. The smallest absolute Gasteiger partial charge is 0.191 e. The van der Waals surface area contributed by atoms with Gasteiger partial charge >= 0.3 is 0 Å². The molecule has 24 heavy (non-hydrogen) atoms. The Morgan fingerprint density at radius 3 is 2.88 bits per heavy atom. The summed E-state index contributed by atoms with van der Waals surface area (Å²) in [6.07, 6.45) is 6.82. The number of methoxy groups -OCH3 is 1. The van der Waals surface area contributed by atoms with Gasteiger partial charge in [0.2, 0.25) is 0 Å². The molecule has 0 saturated heterocycles. The van der Waals surface area contributed by atoms with E-state index in [4.69, 9.17) is 14.2 Å². The van der Waals surface area contributed by atoms with Gasteiger partial charge in [0, 0.05) is 19.4 Å². The molecule has 0 radical (unpaired) electrons. The summed E-state index contributed by atoms with van der Waals surface area (Å²) >= 11 is 0. The van der Waals surface area contributed by atoms with Crippen molar-refractivity contribution in [3.8, 4) is 5.75 Å². The van der Waals surface area contributed by atoms with Gasteiger partial charge in [-0.25, -0.2) is 0 Å². The Balaban J connectivity index is 1.78. The summed E-state index contributed by atoms with van der Waals surface area (Å²) < 4.78 is 16.4. The van der Waals surface area contributed by atoms with Crippen LogP contribution in [0.1, 0.15) is 50.5 Å². The quantitative estimate of drug-likeness (QED) is 0.733. The summed E-state index contributed by atoms with van der Waals surface area (Å²) in [4.78, 5) is 12.2. The van der Waals surface area contributed by atoms with Crippen LogP contribution >= 0.6 is 0 Å². The molecule has 3 unspecified atom stereocenters. The number of ketones is 1. The molecule has 0 aromatic heterocycles. The maximum absolute atomic E-state index is 12.2. The van der Waals surface area contributed by atoms with Gasteiger partial charge in [0.05, 0.1) is 0 Å². The minimum absolute atomic E-state index is 0.139. The molecule has 4 heteroatoms. The topological polar surface area (TPSA) is 44.8 Å². The Kier molecular flexibility index (Phi) is 5.69. The average molecular weight is 330 g/mol. The highest BCUT2D eigenvalue weighted by atomic mass is 16.7. The highest BCUT2D eigenvalue weighted by Crippen LogP contribution is 2.46. The van der Waals surface area contributed by atoms with Crippen molar-refractivity contribution in [2.45, 2.75) is 51.2 Å². The van der Waals surface area contributed by atoms with Gasteiger partial charge in [-0.05, 0) is 49.8 Å². The molecule has 1 aromatic rings. The summed E-state index contributed by atoms with van der Waals surface area (Å²) in [5, 5.41) is 0. The van der Waals surface area contributed by atoms with Crippen LogP contribution in [-0.2, 0) is 14.3 Å². The molecule has 1 aromatic carbocycles. The number of carbonyl (C=O) groups is 1. The lowest BCUT2D eigenvalue weighted by atomic mass is 9.68. The first-order chi connectivity index (χ1) is 11.7. The van der Waals surface area contributed by atoms with Gasteiger partial charge in [0.1, 0.15) is 5.75 Å². The fourth-order valence-electron chi connectivity index (χ4n) is 3.83. The van der Waals surface area contributed by atoms with Crippen molar-refractivity contribution in [1.82, 2.24) is 0 Å². The molecule has 0 heterocycles. The zero-order valence-electron chi connectivity index (χ0n) is 14.5. The molecule has 0 aliphatic heterocycles. The first-order valence-corrected chi connectivity index (χ1v) is 8.78. The van der Waals surface area contributed by atoms with Crippen molar-refractivity contribution in [3.05, 3.63) is 41.5 Å². The van der Waals surface area contributed by atoms with E-state index in [2.05, 4.69) is 6.07 Å². The largest absolute Gasteiger partial charge is 0.467 e. The lowest BCUT2D eigenvalue weighted by Crippen LogP contribution is -2.26. The molecule has 1 fully saturated rings. The van der Waals surface area contributed by atoms with Crippen LogP contribution < -0.4 is 4.74 Å². The molecule has 2 aliphatic carbocycles. The van der Waals surface area contributed by atoms with E-state index in [9.17, 15) is 4.79 Å². The summed E-state index contributed by atoms with van der Waals surface area (Å²) in [5.41, 5.74) is 2.46. The second kappa shape index (κ2) is 7.95. The predicted molar refractivity (Wildman–Crippen MR) is 91.9 cm³/mol. The molecule has 4 nitrogen and oxygen atoms in total. The zero-order valence-corrected chi connectivity index (χ0v) is 14.5. The molecule has 2 aliphatic rings. The number of rotatable bonds is 6. The summed E-state index contributed by atoms with van der Waals surface area (Å²) in [5.74, 6) is 1.74. The molecule has 130 valence electrons. The van der Waals surface area contributed by atoms with Gasteiger partial charge in [-0.15, -0.1) is 0 Å². The Labute approximate surface area is 143 Å². The van der Waals surface area contributed by atoms with Crippen molar-refractivity contribution in [2.75, 3.05) is 13.9 Å². The molecule has 3 atom stereocenters. The van der Waals surface area contributed by atoms with E-state index in [1.54, 1.807) is 7.11 Å². The van der Waals surface area contributed by atoms with Gasteiger partial charge in [0.15, 0.2) is 18.9 Å². The normalized spacial score (nSPS) is 24.9. The number of fused-ring (bicyclic) bond motifs is 1. The van der Waals surface area contributed by atoms with E-state index < -0.39 is 0 Å². The number of benzene rings is 1. The zero-order chi connectivity index (χ0) is 16.9. The maximum atomic E-state index is 12.2. The lowest BCUT2D eigenvalue weighted by molar-refractivity contribution is -0.149. The van der Waals surface area contributed by atoms with Crippen LogP contribution in [0.25, 0.3) is 0 Å².